The van der Waals surface area contributed by atoms with Crippen LogP contribution in [-0.2, 0) is 13.1 Å². The average molecular weight is 359 g/mol. The number of carbonyl (C=O) groups is 1. The molecule has 0 spiro atoms. The summed E-state index contributed by atoms with van der Waals surface area (Å²) in [7, 11) is 0. The molecule has 8 heteroatoms. The molecule has 0 aromatic heterocycles. The van der Waals surface area contributed by atoms with Gasteiger partial charge in [0.15, 0.2) is 0 Å². The van der Waals surface area contributed by atoms with Crippen LogP contribution in [0.1, 0.15) is 33.2 Å². The maximum absolute atomic E-state index is 14.3. The number of halogens is 5. The zero-order valence-corrected chi connectivity index (χ0v) is 12.8. The Kier molecular flexibility index (Phi) is 5.42. The molecule has 1 amide bonds. The minimum absolute atomic E-state index is 0.262. The average Bonchev–Trinajstić information content (AvgIpc) is 2.56. The summed E-state index contributed by atoms with van der Waals surface area (Å²) in [6.07, 6.45) is -3.59. The van der Waals surface area contributed by atoms with Crippen LogP contribution in [0.2, 0.25) is 0 Å². The van der Waals surface area contributed by atoms with Gasteiger partial charge in [-0.1, -0.05) is 24.3 Å². The highest BCUT2D eigenvalue weighted by atomic mass is 19.3. The first kappa shape index (κ1) is 18.9. The van der Waals surface area contributed by atoms with Crippen molar-refractivity contribution in [3.63, 3.8) is 0 Å². The number of primary amides is 1. The SMILES string of the molecule is NC(=O)c1c(CF)ccc(CC(F)(F)C(O)c2ccc(F)cc2)c1F. The van der Waals surface area contributed by atoms with Gasteiger partial charge in [0.1, 0.15) is 24.4 Å². The fourth-order valence-electron chi connectivity index (χ4n) is 2.41. The van der Waals surface area contributed by atoms with E-state index >= 15 is 0 Å². The summed E-state index contributed by atoms with van der Waals surface area (Å²) < 4.78 is 68.5. The smallest absolute Gasteiger partial charge is 0.281 e. The molecule has 134 valence electrons. The molecule has 0 heterocycles. The Morgan fingerprint density at radius 1 is 1.08 bits per heavy atom. The van der Waals surface area contributed by atoms with Crippen molar-refractivity contribution in [2.75, 3.05) is 0 Å². The molecule has 0 saturated carbocycles. The topological polar surface area (TPSA) is 63.3 Å². The molecule has 0 aliphatic carbocycles. The molecule has 2 aromatic carbocycles. The van der Waals surface area contributed by atoms with E-state index in [2.05, 4.69) is 0 Å². The van der Waals surface area contributed by atoms with Crippen LogP contribution >= 0.6 is 0 Å². The molecule has 0 bridgehead atoms. The highest BCUT2D eigenvalue weighted by Crippen LogP contribution is 2.35. The van der Waals surface area contributed by atoms with Crippen LogP contribution < -0.4 is 5.73 Å². The lowest BCUT2D eigenvalue weighted by atomic mass is 9.94. The molecular formula is C17H14F5NO2. The molecule has 25 heavy (non-hydrogen) atoms. The van der Waals surface area contributed by atoms with Gasteiger partial charge in [0, 0.05) is 6.42 Å². The Labute approximate surface area is 139 Å². The minimum atomic E-state index is -3.83. The first-order valence-electron chi connectivity index (χ1n) is 7.14. The Bertz CT molecular complexity index is 777. The van der Waals surface area contributed by atoms with Gasteiger partial charge in [-0.05, 0) is 28.8 Å². The van der Waals surface area contributed by atoms with Crippen molar-refractivity contribution in [1.82, 2.24) is 0 Å². The third-order valence-electron chi connectivity index (χ3n) is 3.71. The van der Waals surface area contributed by atoms with E-state index in [-0.39, 0.29) is 11.1 Å². The largest absolute Gasteiger partial charge is 0.382 e. The summed E-state index contributed by atoms with van der Waals surface area (Å²) in [5, 5.41) is 9.82. The van der Waals surface area contributed by atoms with Crippen LogP contribution in [0.3, 0.4) is 0 Å². The summed E-state index contributed by atoms with van der Waals surface area (Å²) in [6.45, 7) is -1.19. The van der Waals surface area contributed by atoms with E-state index in [9.17, 15) is 31.9 Å². The second kappa shape index (κ2) is 7.18. The normalized spacial score (nSPS) is 12.9. The van der Waals surface area contributed by atoms with E-state index in [1.54, 1.807) is 0 Å². The number of benzene rings is 2. The van der Waals surface area contributed by atoms with Crippen molar-refractivity contribution in [2.24, 2.45) is 5.73 Å². The third kappa shape index (κ3) is 3.96. The van der Waals surface area contributed by atoms with E-state index in [0.717, 1.165) is 36.4 Å². The molecule has 0 fully saturated rings. The highest BCUT2D eigenvalue weighted by molar-refractivity contribution is 5.94. The summed E-state index contributed by atoms with van der Waals surface area (Å²) >= 11 is 0. The number of hydrogen-bond acceptors (Lipinski definition) is 2. The van der Waals surface area contributed by atoms with Crippen molar-refractivity contribution < 1.29 is 31.9 Å². The first-order chi connectivity index (χ1) is 11.7. The fraction of sp³-hybridized carbons (Fsp3) is 0.235. The number of amides is 1. The van der Waals surface area contributed by atoms with Crippen molar-refractivity contribution in [3.8, 4) is 0 Å². The number of aliphatic hydroxyl groups is 1. The van der Waals surface area contributed by atoms with E-state index in [1.807, 2.05) is 0 Å². The Morgan fingerprint density at radius 3 is 2.16 bits per heavy atom. The van der Waals surface area contributed by atoms with Crippen LogP contribution in [0.25, 0.3) is 0 Å². The van der Waals surface area contributed by atoms with E-state index in [4.69, 9.17) is 5.73 Å². The van der Waals surface area contributed by atoms with Crippen molar-refractivity contribution in [1.29, 1.82) is 0 Å². The van der Waals surface area contributed by atoms with E-state index in [1.165, 1.54) is 0 Å². The lowest BCUT2D eigenvalue weighted by Crippen LogP contribution is -2.30. The van der Waals surface area contributed by atoms with Crippen molar-refractivity contribution >= 4 is 5.91 Å². The monoisotopic (exact) mass is 359 g/mol. The Morgan fingerprint density at radius 2 is 1.64 bits per heavy atom. The van der Waals surface area contributed by atoms with Gasteiger partial charge in [-0.25, -0.2) is 22.0 Å². The van der Waals surface area contributed by atoms with Crippen molar-refractivity contribution in [3.05, 3.63) is 70.3 Å². The summed E-state index contributed by atoms with van der Waals surface area (Å²) in [4.78, 5) is 11.2. The fourth-order valence-corrected chi connectivity index (χ4v) is 2.41. The predicted octanol–water partition coefficient (Wildman–Crippen LogP) is 3.44. The number of aliphatic hydroxyl groups excluding tert-OH is 1. The number of rotatable bonds is 6. The second-order valence-corrected chi connectivity index (χ2v) is 5.46. The molecule has 3 N–H and O–H groups in total. The Balaban J connectivity index is 2.35. The van der Waals surface area contributed by atoms with Gasteiger partial charge in [0.2, 0.25) is 0 Å². The number of carbonyl (C=O) groups excluding carboxylic acids is 1. The number of nitrogens with two attached hydrogens (primary N) is 1. The maximum atomic E-state index is 14.3. The van der Waals surface area contributed by atoms with Gasteiger partial charge in [0.05, 0.1) is 5.56 Å². The third-order valence-corrected chi connectivity index (χ3v) is 3.71. The zero-order valence-electron chi connectivity index (χ0n) is 12.8. The molecule has 1 unspecified atom stereocenters. The molecule has 0 saturated heterocycles. The zero-order chi connectivity index (χ0) is 18.8. The lowest BCUT2D eigenvalue weighted by molar-refractivity contribution is -0.110. The second-order valence-electron chi connectivity index (χ2n) is 5.46. The van der Waals surface area contributed by atoms with E-state index in [0.29, 0.717) is 0 Å². The molecule has 0 radical (unpaired) electrons. The highest BCUT2D eigenvalue weighted by Gasteiger charge is 2.40. The predicted molar refractivity (Wildman–Crippen MR) is 79.7 cm³/mol. The molecule has 0 aliphatic rings. The standard InChI is InChI=1S/C17H14F5NO2/c18-8-11-2-1-10(14(20)13(11)16(23)25)7-17(21,22)15(24)9-3-5-12(19)6-4-9/h1-6,15,24H,7-8H2,(H2,23,25). The van der Waals surface area contributed by atoms with Gasteiger partial charge in [0.25, 0.3) is 11.8 Å². The molecule has 1 atom stereocenters. The van der Waals surface area contributed by atoms with Gasteiger partial charge < -0.3 is 10.8 Å². The van der Waals surface area contributed by atoms with Gasteiger partial charge >= 0.3 is 0 Å². The molecule has 2 aromatic rings. The van der Waals surface area contributed by atoms with Gasteiger partial charge in [-0.3, -0.25) is 4.79 Å². The first-order valence-corrected chi connectivity index (χ1v) is 7.14. The molecule has 0 aliphatic heterocycles. The van der Waals surface area contributed by atoms with Crippen molar-refractivity contribution in [2.45, 2.75) is 25.1 Å². The lowest BCUT2D eigenvalue weighted by Gasteiger charge is -2.23. The quantitative estimate of drug-likeness (QED) is 0.776. The van der Waals surface area contributed by atoms with Gasteiger partial charge in [-0.2, -0.15) is 0 Å². The van der Waals surface area contributed by atoms with E-state index < -0.39 is 53.8 Å². The van der Waals surface area contributed by atoms with Crippen LogP contribution in [0, 0.1) is 11.6 Å². The summed E-state index contributed by atoms with van der Waals surface area (Å²) in [6, 6.07) is 5.64. The Hall–Kier alpha value is -2.48. The van der Waals surface area contributed by atoms with Crippen LogP contribution in [0.15, 0.2) is 36.4 Å². The summed E-state index contributed by atoms with van der Waals surface area (Å²) in [5.74, 6) is -7.13. The molecule has 3 nitrogen and oxygen atoms in total. The van der Waals surface area contributed by atoms with Gasteiger partial charge in [-0.15, -0.1) is 0 Å². The van der Waals surface area contributed by atoms with Crippen LogP contribution in [0.4, 0.5) is 22.0 Å². The molecular weight excluding hydrogens is 345 g/mol. The molecule has 2 rings (SSSR count). The number of hydrogen-bond donors (Lipinski definition) is 2. The summed E-state index contributed by atoms with van der Waals surface area (Å²) in [5.41, 5.74) is 2.96. The number of alkyl halides is 3. The maximum Gasteiger partial charge on any atom is 0.281 e. The van der Waals surface area contributed by atoms with Crippen LogP contribution in [0.5, 0.6) is 0 Å². The van der Waals surface area contributed by atoms with Crippen LogP contribution in [-0.4, -0.2) is 16.9 Å². The minimum Gasteiger partial charge on any atom is -0.382 e.